The Morgan fingerprint density at radius 2 is 1.96 bits per heavy atom. The van der Waals surface area contributed by atoms with Gasteiger partial charge in [0.2, 0.25) is 5.09 Å². The lowest BCUT2D eigenvalue weighted by Gasteiger charge is -2.12. The van der Waals surface area contributed by atoms with Gasteiger partial charge in [0.05, 0.1) is 9.95 Å². The summed E-state index contributed by atoms with van der Waals surface area (Å²) in [6, 6.07) is 6.74. The van der Waals surface area contributed by atoms with Crippen molar-refractivity contribution >= 4 is 27.3 Å². The molecule has 0 aliphatic carbocycles. The fraction of sp³-hybridized carbons (Fsp3) is 0.333. The van der Waals surface area contributed by atoms with Crippen LogP contribution in [0.5, 0.6) is 5.75 Å². The highest BCUT2D eigenvalue weighted by Crippen LogP contribution is 2.30. The highest BCUT2D eigenvalue weighted by molar-refractivity contribution is 7.89. The number of nitrogens with zero attached hydrogens (tertiary/aromatic N) is 2. The first kappa shape index (κ1) is 17.7. The van der Waals surface area contributed by atoms with Crippen LogP contribution in [0.25, 0.3) is 0 Å². The minimum atomic E-state index is -3.61. The molecular weight excluding hydrogens is 372 g/mol. The highest BCUT2D eigenvalue weighted by Gasteiger charge is 2.30. The van der Waals surface area contributed by atoms with E-state index in [1.165, 1.54) is 34.6 Å². The van der Waals surface area contributed by atoms with Crippen molar-refractivity contribution in [1.82, 2.24) is 4.31 Å². The summed E-state index contributed by atoms with van der Waals surface area (Å²) >= 11 is 5.94. The van der Waals surface area contributed by atoms with Crippen LogP contribution >= 0.6 is 11.6 Å². The molecule has 3 rings (SSSR count). The van der Waals surface area contributed by atoms with E-state index in [1.807, 2.05) is 0 Å². The molecule has 1 aromatic heterocycles. The van der Waals surface area contributed by atoms with Gasteiger partial charge in [0.25, 0.3) is 15.7 Å². The van der Waals surface area contributed by atoms with Crippen molar-refractivity contribution in [3.8, 4) is 5.75 Å². The van der Waals surface area contributed by atoms with Crippen molar-refractivity contribution in [3.63, 3.8) is 0 Å². The SMILES string of the molecule is O=[N+]([O-])c1ccc(OCc2ccc(S(=O)(=O)N3CCCC3)o2)c(Cl)c1. The molecule has 1 aromatic carbocycles. The molecule has 10 heteroatoms. The fourth-order valence-electron chi connectivity index (χ4n) is 2.50. The van der Waals surface area contributed by atoms with E-state index in [4.69, 9.17) is 20.8 Å². The molecule has 0 radical (unpaired) electrons. The van der Waals surface area contributed by atoms with E-state index < -0.39 is 14.9 Å². The number of hydrogen-bond donors (Lipinski definition) is 0. The van der Waals surface area contributed by atoms with E-state index in [9.17, 15) is 18.5 Å². The molecule has 0 spiro atoms. The van der Waals surface area contributed by atoms with Crippen LogP contribution < -0.4 is 4.74 Å². The van der Waals surface area contributed by atoms with Crippen molar-refractivity contribution in [2.45, 2.75) is 24.5 Å². The molecule has 1 aliphatic rings. The Morgan fingerprint density at radius 3 is 2.60 bits per heavy atom. The molecule has 134 valence electrons. The third-order valence-electron chi connectivity index (χ3n) is 3.79. The lowest BCUT2D eigenvalue weighted by molar-refractivity contribution is -0.384. The van der Waals surface area contributed by atoms with Crippen LogP contribution in [0.1, 0.15) is 18.6 Å². The standard InChI is InChI=1S/C15H15ClN2O6S/c16-13-9-11(18(19)20)3-5-14(13)23-10-12-4-6-15(24-12)25(21,22)17-7-1-2-8-17/h3-6,9H,1-2,7-8,10H2. The zero-order valence-corrected chi connectivity index (χ0v) is 14.6. The Labute approximate surface area is 149 Å². The molecule has 2 heterocycles. The first-order chi connectivity index (χ1) is 11.9. The van der Waals surface area contributed by atoms with Gasteiger partial charge in [-0.25, -0.2) is 8.42 Å². The van der Waals surface area contributed by atoms with Gasteiger partial charge in [-0.05, 0) is 31.0 Å². The van der Waals surface area contributed by atoms with Gasteiger partial charge in [-0.1, -0.05) is 11.6 Å². The normalized spacial score (nSPS) is 15.4. The molecule has 0 unspecified atom stereocenters. The second-order valence-corrected chi connectivity index (χ2v) is 7.77. The van der Waals surface area contributed by atoms with Crippen molar-refractivity contribution in [2.75, 3.05) is 13.1 Å². The number of benzene rings is 1. The Kier molecular flexibility index (Phi) is 4.98. The van der Waals surface area contributed by atoms with Gasteiger partial charge in [0.1, 0.15) is 18.1 Å². The lowest BCUT2D eigenvalue weighted by atomic mass is 10.3. The minimum Gasteiger partial charge on any atom is -0.484 e. The number of hydrogen-bond acceptors (Lipinski definition) is 6. The van der Waals surface area contributed by atoms with Crippen LogP contribution in [0.3, 0.4) is 0 Å². The summed E-state index contributed by atoms with van der Waals surface area (Å²) in [5, 5.41) is 10.6. The molecule has 0 amide bonds. The Hall–Kier alpha value is -2.10. The smallest absolute Gasteiger partial charge is 0.276 e. The van der Waals surface area contributed by atoms with Crippen LogP contribution in [-0.4, -0.2) is 30.7 Å². The van der Waals surface area contributed by atoms with Gasteiger partial charge in [0.15, 0.2) is 0 Å². The van der Waals surface area contributed by atoms with Crippen LogP contribution in [0.4, 0.5) is 5.69 Å². The van der Waals surface area contributed by atoms with Crippen molar-refractivity contribution < 1.29 is 22.5 Å². The molecule has 2 aromatic rings. The number of ether oxygens (including phenoxy) is 1. The van der Waals surface area contributed by atoms with Gasteiger partial charge in [-0.2, -0.15) is 4.31 Å². The molecule has 1 aliphatic heterocycles. The summed E-state index contributed by atoms with van der Waals surface area (Å²) in [5.74, 6) is 0.555. The summed E-state index contributed by atoms with van der Waals surface area (Å²) in [5.41, 5.74) is -0.144. The van der Waals surface area contributed by atoms with E-state index in [1.54, 1.807) is 0 Å². The number of sulfonamides is 1. The quantitative estimate of drug-likeness (QED) is 0.557. The molecule has 0 atom stereocenters. The van der Waals surface area contributed by atoms with E-state index >= 15 is 0 Å². The summed E-state index contributed by atoms with van der Waals surface area (Å²) in [7, 11) is -3.61. The maximum Gasteiger partial charge on any atom is 0.276 e. The van der Waals surface area contributed by atoms with Gasteiger partial charge in [-0.3, -0.25) is 10.1 Å². The number of nitro benzene ring substituents is 1. The average molecular weight is 387 g/mol. The number of rotatable bonds is 6. The van der Waals surface area contributed by atoms with Gasteiger partial charge >= 0.3 is 0 Å². The monoisotopic (exact) mass is 386 g/mol. The summed E-state index contributed by atoms with van der Waals surface area (Å²) in [6.45, 7) is 0.938. The van der Waals surface area contributed by atoms with E-state index in [0.717, 1.165) is 12.8 Å². The van der Waals surface area contributed by atoms with Crippen molar-refractivity contribution in [2.24, 2.45) is 0 Å². The van der Waals surface area contributed by atoms with Crippen LogP contribution in [0.15, 0.2) is 39.8 Å². The molecule has 0 saturated carbocycles. The van der Waals surface area contributed by atoms with E-state index in [2.05, 4.69) is 0 Å². The number of halogens is 1. The second-order valence-electron chi connectivity index (χ2n) is 5.49. The molecule has 25 heavy (non-hydrogen) atoms. The fourth-order valence-corrected chi connectivity index (χ4v) is 4.17. The maximum atomic E-state index is 12.4. The van der Waals surface area contributed by atoms with Gasteiger partial charge in [-0.15, -0.1) is 0 Å². The summed E-state index contributed by atoms with van der Waals surface area (Å²) in [4.78, 5) is 10.1. The van der Waals surface area contributed by atoms with Crippen LogP contribution in [-0.2, 0) is 16.6 Å². The Balaban J connectivity index is 1.69. The van der Waals surface area contributed by atoms with Crippen LogP contribution in [0.2, 0.25) is 5.02 Å². The molecule has 0 N–H and O–H groups in total. The number of non-ortho nitro benzene ring substituents is 1. The van der Waals surface area contributed by atoms with E-state index in [-0.39, 0.29) is 28.2 Å². The summed E-state index contributed by atoms with van der Waals surface area (Å²) < 4.78 is 37.0. The minimum absolute atomic E-state index is 0.0486. The van der Waals surface area contributed by atoms with Gasteiger partial charge in [0, 0.05) is 25.2 Å². The third-order valence-corrected chi connectivity index (χ3v) is 5.86. The molecule has 1 saturated heterocycles. The highest BCUT2D eigenvalue weighted by atomic mass is 35.5. The van der Waals surface area contributed by atoms with Crippen LogP contribution in [0, 0.1) is 10.1 Å². The second kappa shape index (κ2) is 7.03. The first-order valence-corrected chi connectivity index (χ1v) is 9.35. The van der Waals surface area contributed by atoms with Crippen molar-refractivity contribution in [1.29, 1.82) is 0 Å². The maximum absolute atomic E-state index is 12.4. The predicted molar refractivity (Wildman–Crippen MR) is 89.1 cm³/mol. The predicted octanol–water partition coefficient (Wildman–Crippen LogP) is 3.20. The average Bonchev–Trinajstić information content (AvgIpc) is 3.25. The first-order valence-electron chi connectivity index (χ1n) is 7.53. The topological polar surface area (TPSA) is 103 Å². The van der Waals surface area contributed by atoms with Gasteiger partial charge < -0.3 is 9.15 Å². The van der Waals surface area contributed by atoms with E-state index in [0.29, 0.717) is 18.8 Å². The van der Waals surface area contributed by atoms with Crippen molar-refractivity contribution in [3.05, 3.63) is 51.2 Å². The Bertz CT molecular complexity index is 889. The zero-order chi connectivity index (χ0) is 18.0. The lowest BCUT2D eigenvalue weighted by Crippen LogP contribution is -2.27. The third kappa shape index (κ3) is 3.78. The number of furan rings is 1. The zero-order valence-electron chi connectivity index (χ0n) is 13.1. The number of nitro groups is 1. The largest absolute Gasteiger partial charge is 0.484 e. The summed E-state index contributed by atoms with van der Waals surface area (Å²) in [6.07, 6.45) is 1.68. The molecule has 8 nitrogen and oxygen atoms in total. The molecule has 0 bridgehead atoms. The Morgan fingerprint density at radius 1 is 1.24 bits per heavy atom. The molecular formula is C15H15ClN2O6S. The molecule has 1 fully saturated rings.